The molecule has 44 heavy (non-hydrogen) atoms. The van der Waals surface area contributed by atoms with Crippen LogP contribution < -0.4 is 21.7 Å². The number of hydrogen-bond acceptors (Lipinski definition) is 7. The van der Waals surface area contributed by atoms with E-state index < -0.39 is 70.6 Å². The van der Waals surface area contributed by atoms with Gasteiger partial charge in [0.05, 0.1) is 12.1 Å². The van der Waals surface area contributed by atoms with E-state index in [1.165, 1.54) is 9.80 Å². The Balaban J connectivity index is 1.80. The molecule has 1 aliphatic heterocycles. The van der Waals surface area contributed by atoms with Crippen molar-refractivity contribution in [3.05, 3.63) is 0 Å². The molecule has 0 spiro atoms. The SMILES string of the molecule is CN(C)C(=O)OC[C@@H](NC(=O)N[C@H](C(=O)N1C[C@H]2[C@@H](C1C(=O)NC(CC1CC1)C(=O)C(N)=O)C2(C)C)C(C)(C)C)C(C)(C)C. The van der Waals surface area contributed by atoms with Gasteiger partial charge in [0.1, 0.15) is 18.7 Å². The molecule has 3 rings (SSSR count). The van der Waals surface area contributed by atoms with Crippen molar-refractivity contribution in [2.24, 2.45) is 39.7 Å². The van der Waals surface area contributed by atoms with Gasteiger partial charge in [-0.05, 0) is 40.4 Å². The second kappa shape index (κ2) is 12.5. The van der Waals surface area contributed by atoms with Crippen molar-refractivity contribution in [1.29, 1.82) is 0 Å². The Labute approximate surface area is 260 Å². The van der Waals surface area contributed by atoms with Crippen LogP contribution in [-0.2, 0) is 23.9 Å². The molecule has 13 heteroatoms. The number of likely N-dealkylation sites (tertiary alicyclic amines) is 1. The van der Waals surface area contributed by atoms with Gasteiger partial charge in [0.15, 0.2) is 0 Å². The molecule has 6 atom stereocenters. The maximum absolute atomic E-state index is 14.2. The maximum Gasteiger partial charge on any atom is 0.409 e. The third kappa shape index (κ3) is 8.01. The number of fused-ring (bicyclic) bond motifs is 1. The summed E-state index contributed by atoms with van der Waals surface area (Å²) in [5, 5.41) is 8.44. The highest BCUT2D eigenvalue weighted by Gasteiger charge is 2.70. The Morgan fingerprint density at radius 3 is 2.02 bits per heavy atom. The largest absolute Gasteiger partial charge is 0.447 e. The number of amides is 6. The van der Waals surface area contributed by atoms with Gasteiger partial charge >= 0.3 is 12.1 Å². The summed E-state index contributed by atoms with van der Waals surface area (Å²) in [6, 6.07) is -4.08. The average Bonchev–Trinajstić information content (AvgIpc) is 3.74. The number of nitrogens with one attached hydrogen (secondary N) is 3. The van der Waals surface area contributed by atoms with Crippen LogP contribution in [0.5, 0.6) is 0 Å². The van der Waals surface area contributed by atoms with E-state index in [0.717, 1.165) is 12.8 Å². The van der Waals surface area contributed by atoms with E-state index in [1.54, 1.807) is 14.1 Å². The van der Waals surface area contributed by atoms with Gasteiger partial charge in [-0.1, -0.05) is 68.2 Å². The molecule has 6 amide bonds. The molecule has 0 aromatic carbocycles. The van der Waals surface area contributed by atoms with Crippen LogP contribution in [0, 0.1) is 34.0 Å². The summed E-state index contributed by atoms with van der Waals surface area (Å²) in [4.78, 5) is 80.4. The van der Waals surface area contributed by atoms with Gasteiger partial charge in [-0.25, -0.2) is 9.59 Å². The lowest BCUT2D eigenvalue weighted by Gasteiger charge is -2.38. The van der Waals surface area contributed by atoms with E-state index in [0.29, 0.717) is 13.0 Å². The first-order chi connectivity index (χ1) is 20.1. The molecule has 0 aromatic heterocycles. The summed E-state index contributed by atoms with van der Waals surface area (Å²) >= 11 is 0. The number of hydrogen-bond donors (Lipinski definition) is 4. The Morgan fingerprint density at radius 1 is 0.955 bits per heavy atom. The number of rotatable bonds is 11. The van der Waals surface area contributed by atoms with E-state index >= 15 is 0 Å². The van der Waals surface area contributed by atoms with Gasteiger partial charge in [-0.2, -0.15) is 0 Å². The minimum atomic E-state index is -1.10. The number of Topliss-reactive ketones (excluding diaryl/α,β-unsaturated/α-hetero) is 1. The van der Waals surface area contributed by atoms with E-state index in [1.807, 2.05) is 55.4 Å². The molecule has 1 saturated heterocycles. The highest BCUT2D eigenvalue weighted by atomic mass is 16.6. The molecule has 2 aliphatic carbocycles. The second-order valence-electron chi connectivity index (χ2n) is 15.7. The van der Waals surface area contributed by atoms with Crippen molar-refractivity contribution in [2.45, 2.75) is 98.8 Å². The molecule has 0 radical (unpaired) electrons. The number of ketones is 1. The summed E-state index contributed by atoms with van der Waals surface area (Å²) in [6.45, 7) is 15.5. The smallest absolute Gasteiger partial charge is 0.409 e. The number of piperidine rings is 1. The summed E-state index contributed by atoms with van der Waals surface area (Å²) in [7, 11) is 3.13. The number of primary amides is 1. The molecular formula is C31H52N6O7. The topological polar surface area (TPSA) is 180 Å². The first-order valence-electron chi connectivity index (χ1n) is 15.4. The average molecular weight is 621 g/mol. The predicted octanol–water partition coefficient (Wildman–Crippen LogP) is 1.64. The predicted molar refractivity (Wildman–Crippen MR) is 163 cm³/mol. The fourth-order valence-electron chi connectivity index (χ4n) is 6.10. The fraction of sp³-hybridized carbons (Fsp3) is 0.806. The van der Waals surface area contributed by atoms with Crippen molar-refractivity contribution in [2.75, 3.05) is 27.2 Å². The van der Waals surface area contributed by atoms with Crippen LogP contribution >= 0.6 is 0 Å². The highest BCUT2D eigenvalue weighted by Crippen LogP contribution is 2.65. The number of carbonyl (C=O) groups excluding carboxylic acids is 6. The molecule has 1 heterocycles. The van der Waals surface area contributed by atoms with Crippen LogP contribution in [0.2, 0.25) is 0 Å². The van der Waals surface area contributed by atoms with Gasteiger partial charge < -0.3 is 36.2 Å². The van der Waals surface area contributed by atoms with Crippen molar-refractivity contribution < 1.29 is 33.5 Å². The molecule has 13 nitrogen and oxygen atoms in total. The quantitative estimate of drug-likeness (QED) is 0.253. The summed E-state index contributed by atoms with van der Waals surface area (Å²) in [5.74, 6) is -2.68. The number of nitrogens with zero attached hydrogens (tertiary/aromatic N) is 2. The third-order valence-electron chi connectivity index (χ3n) is 9.38. The minimum absolute atomic E-state index is 0.0685. The van der Waals surface area contributed by atoms with Gasteiger partial charge in [0.25, 0.3) is 5.91 Å². The minimum Gasteiger partial charge on any atom is -0.447 e. The van der Waals surface area contributed by atoms with Gasteiger partial charge in [0.2, 0.25) is 17.6 Å². The first kappa shape index (κ1) is 35.1. The van der Waals surface area contributed by atoms with E-state index in [2.05, 4.69) is 16.0 Å². The lowest BCUT2D eigenvalue weighted by Crippen LogP contribution is -2.62. The summed E-state index contributed by atoms with van der Waals surface area (Å²) < 4.78 is 5.33. The zero-order valence-electron chi connectivity index (χ0n) is 27.9. The summed E-state index contributed by atoms with van der Waals surface area (Å²) in [6.07, 6.45) is 1.62. The molecule has 0 bridgehead atoms. The molecule has 3 aliphatic rings. The highest BCUT2D eigenvalue weighted by molar-refractivity contribution is 6.37. The van der Waals surface area contributed by atoms with Crippen LogP contribution in [-0.4, -0.2) is 96.8 Å². The first-order valence-corrected chi connectivity index (χ1v) is 15.4. The van der Waals surface area contributed by atoms with E-state index in [-0.39, 0.29) is 29.8 Å². The Hall–Kier alpha value is -3.38. The normalized spacial score (nSPS) is 24.2. The molecule has 3 fully saturated rings. The third-order valence-corrected chi connectivity index (χ3v) is 9.38. The number of carbonyl (C=O) groups is 6. The van der Waals surface area contributed by atoms with E-state index in [4.69, 9.17) is 10.5 Å². The van der Waals surface area contributed by atoms with Crippen LogP contribution in [0.25, 0.3) is 0 Å². The van der Waals surface area contributed by atoms with Crippen LogP contribution in [0.1, 0.15) is 74.7 Å². The maximum atomic E-state index is 14.2. The number of urea groups is 1. The number of nitrogens with two attached hydrogens (primary N) is 1. The zero-order valence-corrected chi connectivity index (χ0v) is 27.9. The Bertz CT molecular complexity index is 1170. The molecule has 5 N–H and O–H groups in total. The monoisotopic (exact) mass is 620 g/mol. The second-order valence-corrected chi connectivity index (χ2v) is 15.7. The van der Waals surface area contributed by atoms with Crippen molar-refractivity contribution in [3.63, 3.8) is 0 Å². The van der Waals surface area contributed by atoms with Crippen molar-refractivity contribution >= 4 is 35.6 Å². The lowest BCUT2D eigenvalue weighted by atomic mass is 9.85. The molecule has 2 unspecified atom stereocenters. The van der Waals surface area contributed by atoms with E-state index in [9.17, 15) is 28.8 Å². The van der Waals surface area contributed by atoms with Crippen LogP contribution in [0.4, 0.5) is 9.59 Å². The van der Waals surface area contributed by atoms with Crippen LogP contribution in [0.15, 0.2) is 0 Å². The Morgan fingerprint density at radius 2 is 1.55 bits per heavy atom. The lowest BCUT2D eigenvalue weighted by molar-refractivity contribution is -0.145. The van der Waals surface area contributed by atoms with Gasteiger partial charge in [-0.3, -0.25) is 19.2 Å². The molecule has 0 aromatic rings. The number of ether oxygens (including phenoxy) is 1. The zero-order chi connectivity index (χ0) is 33.5. The van der Waals surface area contributed by atoms with Crippen molar-refractivity contribution in [1.82, 2.24) is 25.8 Å². The molecule has 248 valence electrons. The Kier molecular flexibility index (Phi) is 10.0. The van der Waals surface area contributed by atoms with Crippen molar-refractivity contribution in [3.8, 4) is 0 Å². The molecular weight excluding hydrogens is 568 g/mol. The molecule has 2 saturated carbocycles. The summed E-state index contributed by atoms with van der Waals surface area (Å²) in [5.41, 5.74) is 3.88. The van der Waals surface area contributed by atoms with Crippen LogP contribution in [0.3, 0.4) is 0 Å². The standard InChI is InChI=1S/C31H52N6O7/c1-29(2,3)19(15-44-28(43)36(9)10)34-27(42)35-23(30(4,5)6)26(41)37-14-17-20(31(17,7)8)21(37)25(40)33-18(13-16-11-12-16)22(38)24(32)39/h16-21,23H,11-15H2,1-10H3,(H2,32,39)(H,33,40)(H2,34,35,42)/t17-,18?,19+,20-,21?,23+/m0/s1. The van der Waals surface area contributed by atoms with Gasteiger partial charge in [-0.15, -0.1) is 0 Å². The van der Waals surface area contributed by atoms with Gasteiger partial charge in [0, 0.05) is 20.6 Å². The fourth-order valence-corrected chi connectivity index (χ4v) is 6.10.